The van der Waals surface area contributed by atoms with E-state index in [1.807, 2.05) is 0 Å². The highest BCUT2D eigenvalue weighted by Crippen LogP contribution is 2.35. The molecule has 0 atom stereocenters. The molecule has 6 heteroatoms. The van der Waals surface area contributed by atoms with Crippen LogP contribution in [0.25, 0.3) is 0 Å². The number of nitrogen functional groups attached to an aromatic ring is 1. The second kappa shape index (κ2) is 5.14. The predicted octanol–water partition coefficient (Wildman–Crippen LogP) is 2.89. The van der Waals surface area contributed by atoms with Crippen LogP contribution in [0.15, 0.2) is 39.4 Å². The molecule has 0 aliphatic rings. The molecule has 0 radical (unpaired) electrons. The Morgan fingerprint density at radius 1 is 1.50 bits per heavy atom. The van der Waals surface area contributed by atoms with Crippen LogP contribution >= 0.6 is 15.9 Å². The first-order chi connectivity index (χ1) is 8.61. The number of hydrogen-bond acceptors (Lipinski definition) is 4. The number of amides is 1. The van der Waals surface area contributed by atoms with Crippen molar-refractivity contribution in [3.8, 4) is 5.75 Å². The lowest BCUT2D eigenvalue weighted by molar-refractivity contribution is 0.0996. The molecule has 2 aromatic rings. The van der Waals surface area contributed by atoms with E-state index in [1.165, 1.54) is 13.4 Å². The van der Waals surface area contributed by atoms with Crippen molar-refractivity contribution in [3.05, 3.63) is 40.8 Å². The lowest BCUT2D eigenvalue weighted by Gasteiger charge is -2.12. The van der Waals surface area contributed by atoms with Crippen molar-refractivity contribution in [1.29, 1.82) is 0 Å². The zero-order valence-electron chi connectivity index (χ0n) is 9.57. The van der Waals surface area contributed by atoms with Crippen LogP contribution in [0.2, 0.25) is 0 Å². The highest BCUT2D eigenvalue weighted by molar-refractivity contribution is 9.10. The topological polar surface area (TPSA) is 77.5 Å². The van der Waals surface area contributed by atoms with Crippen LogP contribution in [-0.2, 0) is 0 Å². The van der Waals surface area contributed by atoms with E-state index in [0.29, 0.717) is 21.6 Å². The average Bonchev–Trinajstić information content (AvgIpc) is 2.85. The van der Waals surface area contributed by atoms with Crippen LogP contribution in [-0.4, -0.2) is 13.0 Å². The molecule has 2 rings (SSSR count). The Labute approximate surface area is 112 Å². The van der Waals surface area contributed by atoms with E-state index < -0.39 is 0 Å². The van der Waals surface area contributed by atoms with Gasteiger partial charge in [-0.05, 0) is 34.1 Å². The van der Waals surface area contributed by atoms with Gasteiger partial charge in [0.15, 0.2) is 5.76 Å². The van der Waals surface area contributed by atoms with Crippen LogP contribution in [0.5, 0.6) is 5.75 Å². The van der Waals surface area contributed by atoms with E-state index in [9.17, 15) is 4.79 Å². The first-order valence-electron chi connectivity index (χ1n) is 5.09. The van der Waals surface area contributed by atoms with Gasteiger partial charge in [-0.25, -0.2) is 0 Å². The third-order valence-electron chi connectivity index (χ3n) is 2.28. The molecule has 0 saturated carbocycles. The zero-order chi connectivity index (χ0) is 13.1. The predicted molar refractivity (Wildman–Crippen MR) is 71.8 cm³/mol. The summed E-state index contributed by atoms with van der Waals surface area (Å²) in [5.74, 6) is 0.339. The molecule has 94 valence electrons. The quantitative estimate of drug-likeness (QED) is 0.855. The molecule has 1 aromatic heterocycles. The lowest BCUT2D eigenvalue weighted by atomic mass is 10.2. The molecule has 0 saturated heterocycles. The maximum Gasteiger partial charge on any atom is 0.291 e. The maximum atomic E-state index is 11.9. The Balaban J connectivity index is 2.31. The number of rotatable bonds is 3. The van der Waals surface area contributed by atoms with Crippen LogP contribution in [0.4, 0.5) is 11.4 Å². The van der Waals surface area contributed by atoms with Gasteiger partial charge in [0.1, 0.15) is 5.75 Å². The van der Waals surface area contributed by atoms with E-state index in [0.717, 1.165) is 0 Å². The van der Waals surface area contributed by atoms with Crippen molar-refractivity contribution in [2.24, 2.45) is 0 Å². The van der Waals surface area contributed by atoms with Crippen molar-refractivity contribution < 1.29 is 13.9 Å². The van der Waals surface area contributed by atoms with E-state index in [-0.39, 0.29) is 11.7 Å². The number of benzene rings is 1. The number of anilines is 2. The summed E-state index contributed by atoms with van der Waals surface area (Å²) >= 11 is 3.33. The van der Waals surface area contributed by atoms with Gasteiger partial charge in [-0.2, -0.15) is 0 Å². The maximum absolute atomic E-state index is 11.9. The zero-order valence-corrected chi connectivity index (χ0v) is 11.2. The second-order valence-corrected chi connectivity index (χ2v) is 4.37. The summed E-state index contributed by atoms with van der Waals surface area (Å²) in [6.07, 6.45) is 1.43. The molecule has 18 heavy (non-hydrogen) atoms. The number of halogens is 1. The van der Waals surface area contributed by atoms with Crippen molar-refractivity contribution in [2.45, 2.75) is 0 Å². The summed E-state index contributed by atoms with van der Waals surface area (Å²) < 4.78 is 10.8. The summed E-state index contributed by atoms with van der Waals surface area (Å²) in [4.78, 5) is 11.9. The Bertz CT molecular complexity index is 567. The standard InChI is InChI=1S/C12H11BrN2O3/c1-17-10-6-7(14)5-8(13)11(10)15-12(16)9-3-2-4-18-9/h2-6H,14H2,1H3,(H,15,16). The van der Waals surface area contributed by atoms with Gasteiger partial charge in [0.2, 0.25) is 0 Å². The smallest absolute Gasteiger partial charge is 0.291 e. The van der Waals surface area contributed by atoms with E-state index in [1.54, 1.807) is 24.3 Å². The van der Waals surface area contributed by atoms with Crippen molar-refractivity contribution in [2.75, 3.05) is 18.2 Å². The van der Waals surface area contributed by atoms with Gasteiger partial charge >= 0.3 is 0 Å². The molecule has 1 amide bonds. The Morgan fingerprint density at radius 2 is 2.28 bits per heavy atom. The van der Waals surface area contributed by atoms with Crippen LogP contribution < -0.4 is 15.8 Å². The first kappa shape index (κ1) is 12.5. The third-order valence-corrected chi connectivity index (χ3v) is 2.91. The van der Waals surface area contributed by atoms with Gasteiger partial charge in [0.05, 0.1) is 19.1 Å². The number of nitrogens with one attached hydrogen (secondary N) is 1. The summed E-state index contributed by atoms with van der Waals surface area (Å²) in [5, 5.41) is 2.70. The van der Waals surface area contributed by atoms with Crippen LogP contribution in [0, 0.1) is 0 Å². The molecule has 5 nitrogen and oxygen atoms in total. The summed E-state index contributed by atoms with van der Waals surface area (Å²) in [7, 11) is 1.50. The number of ether oxygens (including phenoxy) is 1. The monoisotopic (exact) mass is 310 g/mol. The number of carbonyl (C=O) groups is 1. The minimum atomic E-state index is -0.358. The minimum Gasteiger partial charge on any atom is -0.494 e. The van der Waals surface area contributed by atoms with Gasteiger partial charge in [-0.1, -0.05) is 0 Å². The first-order valence-corrected chi connectivity index (χ1v) is 5.89. The van der Waals surface area contributed by atoms with Crippen molar-refractivity contribution in [3.63, 3.8) is 0 Å². The fourth-order valence-corrected chi connectivity index (χ4v) is 2.03. The number of furan rings is 1. The fourth-order valence-electron chi connectivity index (χ4n) is 1.47. The SMILES string of the molecule is COc1cc(N)cc(Br)c1NC(=O)c1ccco1. The molecule has 0 aliphatic heterocycles. The lowest BCUT2D eigenvalue weighted by Crippen LogP contribution is -2.12. The Kier molecular flexibility index (Phi) is 3.57. The summed E-state index contributed by atoms with van der Waals surface area (Å²) in [6, 6.07) is 6.53. The number of carbonyl (C=O) groups excluding carboxylic acids is 1. The molecule has 1 aromatic carbocycles. The number of hydrogen-bond donors (Lipinski definition) is 2. The molecule has 3 N–H and O–H groups in total. The molecule has 0 unspecified atom stereocenters. The van der Waals surface area contributed by atoms with Crippen molar-refractivity contribution >= 4 is 33.2 Å². The Morgan fingerprint density at radius 3 is 2.89 bits per heavy atom. The molecule has 0 aliphatic carbocycles. The molecule has 1 heterocycles. The van der Waals surface area contributed by atoms with Gasteiger partial charge in [0, 0.05) is 16.2 Å². The largest absolute Gasteiger partial charge is 0.494 e. The molecular formula is C12H11BrN2O3. The van der Waals surface area contributed by atoms with Gasteiger partial charge < -0.3 is 20.2 Å². The number of methoxy groups -OCH3 is 1. The highest BCUT2D eigenvalue weighted by atomic mass is 79.9. The van der Waals surface area contributed by atoms with Crippen LogP contribution in [0.3, 0.4) is 0 Å². The Hall–Kier alpha value is -1.95. The van der Waals surface area contributed by atoms with Crippen LogP contribution in [0.1, 0.15) is 10.6 Å². The van der Waals surface area contributed by atoms with E-state index >= 15 is 0 Å². The third kappa shape index (κ3) is 2.48. The molecule has 0 spiro atoms. The van der Waals surface area contributed by atoms with Gasteiger partial charge in [0.25, 0.3) is 5.91 Å². The fraction of sp³-hybridized carbons (Fsp3) is 0.0833. The van der Waals surface area contributed by atoms with E-state index in [2.05, 4.69) is 21.2 Å². The average molecular weight is 311 g/mol. The molecule has 0 bridgehead atoms. The molecular weight excluding hydrogens is 300 g/mol. The number of nitrogens with two attached hydrogens (primary N) is 1. The second-order valence-electron chi connectivity index (χ2n) is 3.51. The summed E-state index contributed by atoms with van der Waals surface area (Å²) in [5.41, 5.74) is 6.73. The van der Waals surface area contributed by atoms with Crippen molar-refractivity contribution in [1.82, 2.24) is 0 Å². The van der Waals surface area contributed by atoms with Gasteiger partial charge in [-0.3, -0.25) is 4.79 Å². The van der Waals surface area contributed by atoms with E-state index in [4.69, 9.17) is 14.9 Å². The summed E-state index contributed by atoms with van der Waals surface area (Å²) in [6.45, 7) is 0. The van der Waals surface area contributed by atoms with Gasteiger partial charge in [-0.15, -0.1) is 0 Å². The molecule has 0 fully saturated rings. The highest BCUT2D eigenvalue weighted by Gasteiger charge is 2.15. The normalized spacial score (nSPS) is 10.1. The minimum absolute atomic E-state index is 0.223.